The Balaban J connectivity index is 1.82. The lowest BCUT2D eigenvalue weighted by Gasteiger charge is -2.27. The molecule has 2 aliphatic heterocycles. The maximum atomic E-state index is 12.3. The van der Waals surface area contributed by atoms with Gasteiger partial charge in [0.1, 0.15) is 5.60 Å². The molecule has 1 aromatic rings. The molecule has 120 valence electrons. The molecule has 1 amide bonds. The van der Waals surface area contributed by atoms with Crippen LogP contribution in [-0.4, -0.2) is 36.2 Å². The number of benzene rings is 1. The topological polar surface area (TPSA) is 41.6 Å². The Kier molecular flexibility index (Phi) is 3.73. The van der Waals surface area contributed by atoms with E-state index in [2.05, 4.69) is 5.32 Å². The van der Waals surface area contributed by atoms with E-state index in [4.69, 9.17) is 27.9 Å². The fourth-order valence-electron chi connectivity index (χ4n) is 3.21. The summed E-state index contributed by atoms with van der Waals surface area (Å²) in [5, 5.41) is 4.49. The number of hydrogen-bond donors (Lipinski definition) is 1. The summed E-state index contributed by atoms with van der Waals surface area (Å²) in [4.78, 5) is 14.1. The number of nitrogens with zero attached hydrogens (tertiary/aromatic N) is 1. The van der Waals surface area contributed by atoms with Crippen LogP contribution in [0, 0.1) is 0 Å². The fourth-order valence-corrected chi connectivity index (χ4v) is 3.54. The van der Waals surface area contributed by atoms with Gasteiger partial charge in [0.25, 0.3) is 0 Å². The summed E-state index contributed by atoms with van der Waals surface area (Å²) in [6.07, 6.45) is 0.641. The second kappa shape index (κ2) is 5.20. The summed E-state index contributed by atoms with van der Waals surface area (Å²) in [7, 11) is 0. The van der Waals surface area contributed by atoms with Crippen LogP contribution in [0.15, 0.2) is 12.1 Å². The third kappa shape index (κ3) is 2.74. The van der Waals surface area contributed by atoms with Gasteiger partial charge in [-0.15, -0.1) is 0 Å². The average Bonchev–Trinajstić information content (AvgIpc) is 2.96. The van der Waals surface area contributed by atoms with Crippen molar-refractivity contribution in [3.8, 4) is 0 Å². The van der Waals surface area contributed by atoms with Crippen LogP contribution in [-0.2, 0) is 10.2 Å². The first-order valence-corrected chi connectivity index (χ1v) is 8.17. The lowest BCUT2D eigenvalue weighted by Crippen LogP contribution is -2.38. The molecule has 0 radical (unpaired) electrons. The molecule has 2 aliphatic rings. The zero-order valence-electron chi connectivity index (χ0n) is 13.0. The zero-order valence-corrected chi connectivity index (χ0v) is 14.5. The lowest BCUT2D eigenvalue weighted by molar-refractivity contribution is 0.0285. The van der Waals surface area contributed by atoms with Gasteiger partial charge in [0.2, 0.25) is 0 Å². The molecule has 0 saturated carbocycles. The third-order valence-electron chi connectivity index (χ3n) is 4.25. The number of likely N-dealkylation sites (tertiary alicyclic amines) is 1. The molecule has 3 rings (SSSR count). The first kappa shape index (κ1) is 15.8. The number of halogens is 2. The van der Waals surface area contributed by atoms with Crippen LogP contribution in [0.3, 0.4) is 0 Å². The van der Waals surface area contributed by atoms with E-state index in [0.717, 1.165) is 24.2 Å². The van der Waals surface area contributed by atoms with Gasteiger partial charge in [-0.3, -0.25) is 0 Å². The smallest absolute Gasteiger partial charge is 0.410 e. The van der Waals surface area contributed by atoms with Crippen LogP contribution in [0.5, 0.6) is 0 Å². The average molecular weight is 343 g/mol. The molecule has 4 nitrogen and oxygen atoms in total. The maximum absolute atomic E-state index is 12.3. The molecular weight excluding hydrogens is 323 g/mol. The second-order valence-corrected chi connectivity index (χ2v) is 7.91. The predicted octanol–water partition coefficient (Wildman–Crippen LogP) is 4.30. The summed E-state index contributed by atoms with van der Waals surface area (Å²) in [5.74, 6) is 0. The van der Waals surface area contributed by atoms with Gasteiger partial charge in [0.05, 0.1) is 10.0 Å². The Morgan fingerprint density at radius 3 is 2.68 bits per heavy atom. The molecule has 22 heavy (non-hydrogen) atoms. The van der Waals surface area contributed by atoms with Crippen molar-refractivity contribution in [3.63, 3.8) is 0 Å². The summed E-state index contributed by atoms with van der Waals surface area (Å²) >= 11 is 12.3. The first-order chi connectivity index (χ1) is 10.2. The number of nitrogens with one attached hydrogen (secondary N) is 1. The highest BCUT2D eigenvalue weighted by molar-refractivity contribution is 6.42. The Hall–Kier alpha value is -1.13. The lowest BCUT2D eigenvalue weighted by atomic mass is 9.82. The summed E-state index contributed by atoms with van der Waals surface area (Å²) in [6, 6.07) is 3.79. The van der Waals surface area contributed by atoms with Gasteiger partial charge >= 0.3 is 6.09 Å². The van der Waals surface area contributed by atoms with Crippen molar-refractivity contribution in [2.24, 2.45) is 0 Å². The Bertz CT molecular complexity index is 627. The van der Waals surface area contributed by atoms with E-state index in [0.29, 0.717) is 23.1 Å². The minimum Gasteiger partial charge on any atom is -0.444 e. The first-order valence-electron chi connectivity index (χ1n) is 7.42. The quantitative estimate of drug-likeness (QED) is 0.764. The monoisotopic (exact) mass is 342 g/mol. The standard InChI is InChI=1S/C16H20Cl2N2O2/c1-15(2,3)22-14(21)20-5-4-16(9-20)8-19-13-7-12(18)11(17)6-10(13)16/h6-7,19H,4-5,8-9H2,1-3H3. The van der Waals surface area contributed by atoms with Crippen LogP contribution in [0.2, 0.25) is 10.0 Å². The molecule has 2 heterocycles. The van der Waals surface area contributed by atoms with Gasteiger partial charge < -0.3 is 15.0 Å². The maximum Gasteiger partial charge on any atom is 0.410 e. The number of carbonyl (C=O) groups is 1. The highest BCUT2D eigenvalue weighted by Crippen LogP contribution is 2.46. The van der Waals surface area contributed by atoms with E-state index < -0.39 is 5.60 Å². The zero-order chi connectivity index (χ0) is 16.1. The van der Waals surface area contributed by atoms with Crippen LogP contribution >= 0.6 is 23.2 Å². The van der Waals surface area contributed by atoms with Gasteiger partial charge in [-0.05, 0) is 44.9 Å². The number of fused-ring (bicyclic) bond motifs is 2. The Morgan fingerprint density at radius 2 is 2.00 bits per heavy atom. The molecule has 1 atom stereocenters. The van der Waals surface area contributed by atoms with Gasteiger partial charge in [-0.2, -0.15) is 0 Å². The molecular formula is C16H20Cl2N2O2. The molecule has 1 fully saturated rings. The van der Waals surface area contributed by atoms with E-state index >= 15 is 0 Å². The number of carbonyl (C=O) groups excluding carboxylic acids is 1. The van der Waals surface area contributed by atoms with E-state index in [1.807, 2.05) is 32.9 Å². The number of ether oxygens (including phenoxy) is 1. The second-order valence-electron chi connectivity index (χ2n) is 7.10. The molecule has 6 heteroatoms. The summed E-state index contributed by atoms with van der Waals surface area (Å²) in [6.45, 7) is 7.76. The molecule has 1 spiro atoms. The minimum atomic E-state index is -0.477. The van der Waals surface area contributed by atoms with E-state index in [1.54, 1.807) is 4.90 Å². The normalized spacial score (nSPS) is 23.6. The van der Waals surface area contributed by atoms with Crippen molar-refractivity contribution in [1.82, 2.24) is 4.90 Å². The third-order valence-corrected chi connectivity index (χ3v) is 4.98. The van der Waals surface area contributed by atoms with Crippen LogP contribution < -0.4 is 5.32 Å². The minimum absolute atomic E-state index is 0.0968. The number of rotatable bonds is 0. The van der Waals surface area contributed by atoms with Crippen molar-refractivity contribution in [3.05, 3.63) is 27.7 Å². The molecule has 1 N–H and O–H groups in total. The molecule has 1 saturated heterocycles. The number of hydrogen-bond acceptors (Lipinski definition) is 3. The van der Waals surface area contributed by atoms with Crippen molar-refractivity contribution in [2.45, 2.75) is 38.2 Å². The fraction of sp³-hybridized carbons (Fsp3) is 0.562. The molecule has 0 aliphatic carbocycles. The van der Waals surface area contributed by atoms with Gasteiger partial charge in [0.15, 0.2) is 0 Å². The summed E-state index contributed by atoms with van der Waals surface area (Å²) < 4.78 is 5.47. The van der Waals surface area contributed by atoms with Crippen LogP contribution in [0.1, 0.15) is 32.8 Å². The SMILES string of the molecule is CC(C)(C)OC(=O)N1CCC2(CNc3cc(Cl)c(Cl)cc32)C1. The van der Waals surface area contributed by atoms with E-state index in [-0.39, 0.29) is 11.5 Å². The van der Waals surface area contributed by atoms with Crippen LogP contribution in [0.4, 0.5) is 10.5 Å². The van der Waals surface area contributed by atoms with Crippen molar-refractivity contribution in [2.75, 3.05) is 25.0 Å². The Labute approximate surface area is 140 Å². The highest BCUT2D eigenvalue weighted by Gasteiger charge is 2.46. The van der Waals surface area contributed by atoms with Crippen LogP contribution in [0.25, 0.3) is 0 Å². The van der Waals surface area contributed by atoms with Gasteiger partial charge in [-0.1, -0.05) is 23.2 Å². The van der Waals surface area contributed by atoms with Crippen molar-refractivity contribution < 1.29 is 9.53 Å². The van der Waals surface area contributed by atoms with E-state index in [1.165, 1.54) is 0 Å². The largest absolute Gasteiger partial charge is 0.444 e. The Morgan fingerprint density at radius 1 is 1.32 bits per heavy atom. The van der Waals surface area contributed by atoms with E-state index in [9.17, 15) is 4.79 Å². The number of anilines is 1. The van der Waals surface area contributed by atoms with Crippen molar-refractivity contribution in [1.29, 1.82) is 0 Å². The van der Waals surface area contributed by atoms with Gasteiger partial charge in [-0.25, -0.2) is 4.79 Å². The molecule has 0 bridgehead atoms. The highest BCUT2D eigenvalue weighted by atomic mass is 35.5. The molecule has 1 aromatic carbocycles. The summed E-state index contributed by atoms with van der Waals surface area (Å²) in [5.41, 5.74) is 1.59. The predicted molar refractivity (Wildman–Crippen MR) is 89.1 cm³/mol. The number of amides is 1. The van der Waals surface area contributed by atoms with Gasteiger partial charge in [0, 0.05) is 30.7 Å². The molecule has 0 aromatic heterocycles. The molecule has 1 unspecified atom stereocenters. The van der Waals surface area contributed by atoms with Crippen molar-refractivity contribution >= 4 is 35.0 Å².